The van der Waals surface area contributed by atoms with Gasteiger partial charge in [-0.05, 0) is 47.9 Å². The first-order valence-corrected chi connectivity index (χ1v) is 11.3. The number of rotatable bonds is 7. The van der Waals surface area contributed by atoms with Crippen molar-refractivity contribution >= 4 is 40.6 Å². The molecule has 164 valence electrons. The second-order valence-electron chi connectivity index (χ2n) is 8.09. The number of carbonyl (C=O) groups is 2. The van der Waals surface area contributed by atoms with Gasteiger partial charge in [0.2, 0.25) is 0 Å². The number of ketones is 1. The van der Waals surface area contributed by atoms with E-state index in [-0.39, 0.29) is 18.7 Å². The Morgan fingerprint density at radius 3 is 2.22 bits per heavy atom. The largest absolute Gasteiger partial charge is 0.375 e. The highest BCUT2D eigenvalue weighted by Crippen LogP contribution is 2.44. The van der Waals surface area contributed by atoms with Gasteiger partial charge in [-0.25, -0.2) is 0 Å². The van der Waals surface area contributed by atoms with Crippen LogP contribution in [0.1, 0.15) is 46.8 Å². The summed E-state index contributed by atoms with van der Waals surface area (Å²) in [6.07, 6.45) is 1.59. The molecular weight excluding hydrogens is 445 g/mol. The fourth-order valence-electron chi connectivity index (χ4n) is 4.10. The highest BCUT2D eigenvalue weighted by molar-refractivity contribution is 6.31. The molecule has 3 aromatic rings. The van der Waals surface area contributed by atoms with E-state index in [1.807, 2.05) is 24.3 Å². The zero-order valence-corrected chi connectivity index (χ0v) is 19.2. The summed E-state index contributed by atoms with van der Waals surface area (Å²) < 4.78 is 0. The van der Waals surface area contributed by atoms with Gasteiger partial charge in [-0.2, -0.15) is 0 Å². The van der Waals surface area contributed by atoms with Crippen LogP contribution in [0.25, 0.3) is 0 Å². The Bertz CT molecular complexity index is 1160. The molecule has 1 amide bonds. The van der Waals surface area contributed by atoms with Crippen molar-refractivity contribution < 1.29 is 14.7 Å². The summed E-state index contributed by atoms with van der Waals surface area (Å²) in [7, 11) is 0. The van der Waals surface area contributed by atoms with Crippen LogP contribution >= 0.6 is 23.2 Å². The summed E-state index contributed by atoms with van der Waals surface area (Å²) in [6.45, 7) is 2.34. The lowest BCUT2D eigenvalue weighted by atomic mass is 9.88. The average molecular weight is 468 g/mol. The number of carbonyl (C=O) groups excluding carboxylic acids is 2. The summed E-state index contributed by atoms with van der Waals surface area (Å²) in [5.74, 6) is -0.844. The Labute approximate surface area is 197 Å². The third-order valence-corrected chi connectivity index (χ3v) is 6.27. The predicted octanol–water partition coefficient (Wildman–Crippen LogP) is 5.95. The summed E-state index contributed by atoms with van der Waals surface area (Å²) in [5, 5.41) is 12.5. The van der Waals surface area contributed by atoms with Crippen LogP contribution in [0.4, 0.5) is 5.69 Å². The van der Waals surface area contributed by atoms with E-state index >= 15 is 0 Å². The number of fused-ring (bicyclic) bond motifs is 1. The smallest absolute Gasteiger partial charge is 0.264 e. The number of anilines is 1. The van der Waals surface area contributed by atoms with Crippen LogP contribution in [0.15, 0.2) is 66.7 Å². The molecule has 1 aliphatic rings. The highest BCUT2D eigenvalue weighted by Gasteiger charge is 2.51. The predicted molar refractivity (Wildman–Crippen MR) is 127 cm³/mol. The van der Waals surface area contributed by atoms with Gasteiger partial charge >= 0.3 is 0 Å². The molecule has 0 unspecified atom stereocenters. The van der Waals surface area contributed by atoms with Gasteiger partial charge in [-0.3, -0.25) is 9.59 Å². The lowest BCUT2D eigenvalue weighted by Crippen LogP contribution is -2.41. The van der Waals surface area contributed by atoms with Gasteiger partial charge in [-0.1, -0.05) is 72.9 Å². The minimum absolute atomic E-state index is 0.243. The first-order valence-electron chi connectivity index (χ1n) is 10.5. The van der Waals surface area contributed by atoms with E-state index in [1.165, 1.54) is 4.90 Å². The van der Waals surface area contributed by atoms with Crippen molar-refractivity contribution in [3.05, 3.63) is 99.0 Å². The van der Waals surface area contributed by atoms with Crippen LogP contribution in [-0.2, 0) is 23.4 Å². The summed E-state index contributed by atoms with van der Waals surface area (Å²) >= 11 is 12.2. The van der Waals surface area contributed by atoms with Gasteiger partial charge in [0.25, 0.3) is 5.91 Å². The van der Waals surface area contributed by atoms with Crippen molar-refractivity contribution in [3.63, 3.8) is 0 Å². The number of aryl methyl sites for hydroxylation is 1. The van der Waals surface area contributed by atoms with Crippen LogP contribution in [-0.4, -0.2) is 16.8 Å². The fraction of sp³-hybridized carbons (Fsp3) is 0.231. The van der Waals surface area contributed by atoms with E-state index < -0.39 is 11.5 Å². The molecule has 4 rings (SSSR count). The van der Waals surface area contributed by atoms with Gasteiger partial charge < -0.3 is 10.0 Å². The van der Waals surface area contributed by atoms with Gasteiger partial charge in [0, 0.05) is 21.2 Å². The fourth-order valence-corrected chi connectivity index (χ4v) is 4.40. The lowest BCUT2D eigenvalue weighted by Gasteiger charge is -2.23. The van der Waals surface area contributed by atoms with Crippen molar-refractivity contribution in [2.45, 2.75) is 38.3 Å². The first kappa shape index (κ1) is 22.5. The molecule has 0 aromatic heterocycles. The Kier molecular flexibility index (Phi) is 6.38. The first-order chi connectivity index (χ1) is 15.3. The molecule has 0 saturated heterocycles. The molecule has 0 saturated carbocycles. The van der Waals surface area contributed by atoms with Gasteiger partial charge in [-0.15, -0.1) is 0 Å². The van der Waals surface area contributed by atoms with Crippen LogP contribution in [0.5, 0.6) is 0 Å². The van der Waals surface area contributed by atoms with Crippen molar-refractivity contribution in [3.8, 4) is 0 Å². The van der Waals surface area contributed by atoms with Crippen molar-refractivity contribution in [1.82, 2.24) is 0 Å². The summed E-state index contributed by atoms with van der Waals surface area (Å²) in [4.78, 5) is 28.0. The van der Waals surface area contributed by atoms with Crippen molar-refractivity contribution in [2.24, 2.45) is 0 Å². The summed E-state index contributed by atoms with van der Waals surface area (Å²) in [5.41, 5.74) is 1.37. The number of hydrogen-bond donors (Lipinski definition) is 1. The molecule has 0 aliphatic carbocycles. The molecule has 1 N–H and O–H groups in total. The maximum atomic E-state index is 13.4. The van der Waals surface area contributed by atoms with Crippen LogP contribution < -0.4 is 4.90 Å². The molecular formula is C26H23Cl2NO3. The third-order valence-electron chi connectivity index (χ3n) is 5.78. The Morgan fingerprint density at radius 2 is 1.56 bits per heavy atom. The molecule has 0 spiro atoms. The summed E-state index contributed by atoms with van der Waals surface area (Å²) in [6, 6.07) is 19.4. The monoisotopic (exact) mass is 467 g/mol. The number of nitrogens with zero attached hydrogens (tertiary/aromatic N) is 1. The minimum atomic E-state index is -1.98. The molecule has 3 aromatic carbocycles. The van der Waals surface area contributed by atoms with Gasteiger partial charge in [0.05, 0.1) is 18.7 Å². The normalized spacial score (nSPS) is 17.5. The molecule has 1 heterocycles. The van der Waals surface area contributed by atoms with Gasteiger partial charge in [0.1, 0.15) is 0 Å². The van der Waals surface area contributed by atoms with E-state index in [9.17, 15) is 14.7 Å². The Morgan fingerprint density at radius 1 is 0.938 bits per heavy atom. The van der Waals surface area contributed by atoms with Crippen molar-refractivity contribution in [2.75, 3.05) is 4.90 Å². The second-order valence-corrected chi connectivity index (χ2v) is 8.96. The third kappa shape index (κ3) is 4.31. The van der Waals surface area contributed by atoms with Crippen LogP contribution in [0, 0.1) is 0 Å². The molecule has 0 fully saturated rings. The van der Waals surface area contributed by atoms with E-state index in [0.717, 1.165) is 24.0 Å². The maximum absolute atomic E-state index is 13.4. The number of hydrogen-bond acceptors (Lipinski definition) is 3. The Balaban J connectivity index is 1.65. The molecule has 1 aliphatic heterocycles. The molecule has 4 nitrogen and oxygen atoms in total. The standard InChI is InChI=1S/C26H23Cl2NO3/c1-2-3-17-4-8-19(9-5-17)24(30)15-26(32)22-14-21(28)12-13-23(22)29(25(26)31)16-18-6-10-20(27)11-7-18/h4-14,32H,2-3,15-16H2,1H3/t26-/m1/s1. The van der Waals surface area contributed by atoms with Crippen LogP contribution in [0.2, 0.25) is 10.0 Å². The van der Waals surface area contributed by atoms with E-state index in [0.29, 0.717) is 26.9 Å². The van der Waals surface area contributed by atoms with Crippen LogP contribution in [0.3, 0.4) is 0 Å². The van der Waals surface area contributed by atoms with E-state index in [2.05, 4.69) is 6.92 Å². The number of amides is 1. The zero-order valence-electron chi connectivity index (χ0n) is 17.6. The molecule has 1 atom stereocenters. The Hall–Kier alpha value is -2.66. The highest BCUT2D eigenvalue weighted by atomic mass is 35.5. The SMILES string of the molecule is CCCc1ccc(C(=O)C[C@]2(O)C(=O)N(Cc3ccc(Cl)cc3)c3ccc(Cl)cc32)cc1. The van der Waals surface area contributed by atoms with E-state index in [1.54, 1.807) is 42.5 Å². The minimum Gasteiger partial charge on any atom is -0.375 e. The van der Waals surface area contributed by atoms with E-state index in [4.69, 9.17) is 23.2 Å². The molecule has 6 heteroatoms. The molecule has 32 heavy (non-hydrogen) atoms. The zero-order chi connectivity index (χ0) is 22.9. The van der Waals surface area contributed by atoms with Gasteiger partial charge in [0.15, 0.2) is 11.4 Å². The second kappa shape index (κ2) is 9.07. The molecule has 0 radical (unpaired) electrons. The number of Topliss-reactive ketones (excluding diaryl/α,β-unsaturated/α-hetero) is 1. The quantitative estimate of drug-likeness (QED) is 0.436. The van der Waals surface area contributed by atoms with Crippen molar-refractivity contribution in [1.29, 1.82) is 0 Å². The molecule has 0 bridgehead atoms. The topological polar surface area (TPSA) is 57.6 Å². The number of aliphatic hydroxyl groups is 1. The number of benzene rings is 3. The lowest BCUT2D eigenvalue weighted by molar-refractivity contribution is -0.136. The average Bonchev–Trinajstić information content (AvgIpc) is 2.97. The maximum Gasteiger partial charge on any atom is 0.264 e. The number of halogens is 2.